The second kappa shape index (κ2) is 10.8. The van der Waals surface area contributed by atoms with Gasteiger partial charge in [0.1, 0.15) is 24.6 Å². The molecule has 4 N–H and O–H groups in total. The SMILES string of the molecule is N=C(C(F)F)N(N)CC(=O)N1C[C@H](F)C[C@H]1C(=O)NC(c1ccc(F)cc1)c1ccc(C2CC2)c(F)n1. The van der Waals surface area contributed by atoms with Crippen LogP contribution in [0.4, 0.5) is 22.0 Å². The van der Waals surface area contributed by atoms with E-state index in [0.717, 1.165) is 29.9 Å². The quantitative estimate of drug-likeness (QED) is 0.123. The van der Waals surface area contributed by atoms with Gasteiger partial charge in [0, 0.05) is 12.0 Å². The number of carbonyl (C=O) groups excluding carboxylic acids is 2. The fourth-order valence-electron chi connectivity index (χ4n) is 4.30. The molecule has 2 heterocycles. The molecule has 1 saturated heterocycles. The molecule has 37 heavy (non-hydrogen) atoms. The van der Waals surface area contributed by atoms with Crippen LogP contribution in [-0.2, 0) is 9.59 Å². The molecule has 2 aliphatic rings. The van der Waals surface area contributed by atoms with Crippen LogP contribution in [0.5, 0.6) is 0 Å². The Balaban J connectivity index is 1.56. The highest BCUT2D eigenvalue weighted by Gasteiger charge is 2.41. The Bertz CT molecular complexity index is 1180. The third-order valence-electron chi connectivity index (χ3n) is 6.40. The van der Waals surface area contributed by atoms with Crippen molar-refractivity contribution in [3.05, 3.63) is 65.0 Å². The summed E-state index contributed by atoms with van der Waals surface area (Å²) in [5, 5.41) is 10.1. The van der Waals surface area contributed by atoms with Gasteiger partial charge < -0.3 is 10.2 Å². The van der Waals surface area contributed by atoms with Crippen molar-refractivity contribution in [3.8, 4) is 0 Å². The number of amidine groups is 1. The van der Waals surface area contributed by atoms with Gasteiger partial charge in [-0.25, -0.2) is 28.4 Å². The molecular formula is C24H25F5N6O2. The van der Waals surface area contributed by atoms with Crippen molar-refractivity contribution in [1.29, 1.82) is 5.41 Å². The topological polar surface area (TPSA) is 115 Å². The number of nitrogens with zero attached hydrogens (tertiary/aromatic N) is 3. The van der Waals surface area contributed by atoms with E-state index in [1.807, 2.05) is 0 Å². The summed E-state index contributed by atoms with van der Waals surface area (Å²) in [6.45, 7) is -1.34. The second-order valence-corrected chi connectivity index (χ2v) is 9.09. The predicted molar refractivity (Wildman–Crippen MR) is 122 cm³/mol. The summed E-state index contributed by atoms with van der Waals surface area (Å²) in [6.07, 6.45) is -3.46. The van der Waals surface area contributed by atoms with E-state index < -0.39 is 67.2 Å². The van der Waals surface area contributed by atoms with Crippen molar-refractivity contribution in [1.82, 2.24) is 20.2 Å². The maximum Gasteiger partial charge on any atom is 0.295 e. The first-order valence-electron chi connectivity index (χ1n) is 11.6. The van der Waals surface area contributed by atoms with Gasteiger partial charge in [0.25, 0.3) is 6.43 Å². The van der Waals surface area contributed by atoms with Gasteiger partial charge in [-0.1, -0.05) is 18.2 Å². The summed E-state index contributed by atoms with van der Waals surface area (Å²) in [6, 6.07) is 5.82. The van der Waals surface area contributed by atoms with Crippen LogP contribution in [0.2, 0.25) is 0 Å². The number of hydrogen-bond donors (Lipinski definition) is 3. The molecule has 2 amide bonds. The van der Waals surface area contributed by atoms with Crippen molar-refractivity contribution >= 4 is 17.6 Å². The third kappa shape index (κ3) is 6.04. The lowest BCUT2D eigenvalue weighted by Crippen LogP contribution is -2.52. The largest absolute Gasteiger partial charge is 0.342 e. The minimum absolute atomic E-state index is 0.0913. The number of nitrogens with one attached hydrogen (secondary N) is 2. The Morgan fingerprint density at radius 3 is 2.43 bits per heavy atom. The smallest absolute Gasteiger partial charge is 0.295 e. The zero-order chi connectivity index (χ0) is 26.9. The molecule has 1 aromatic carbocycles. The molecule has 1 saturated carbocycles. The van der Waals surface area contributed by atoms with Gasteiger partial charge in [-0.05, 0) is 42.5 Å². The van der Waals surface area contributed by atoms with Crippen LogP contribution in [0.1, 0.15) is 48.0 Å². The standard InChI is InChI=1S/C24H25F5N6O2/c25-14-5-3-13(4-6-14)20(17-8-7-16(12-1-2-12)22(29)32-17)33-24(37)18-9-15(26)10-34(18)19(36)11-35(31)23(30)21(27)28/h3-8,12,15,18,20-21,30H,1-2,9-11,31H2,(H,33,37)/t15-,18+,20?/m1/s1. The van der Waals surface area contributed by atoms with Crippen LogP contribution in [-0.4, -0.2) is 64.3 Å². The number of hydrazine groups is 1. The van der Waals surface area contributed by atoms with Crippen molar-refractivity contribution in [2.24, 2.45) is 5.84 Å². The third-order valence-corrected chi connectivity index (χ3v) is 6.40. The molecule has 1 aromatic heterocycles. The maximum atomic E-state index is 14.7. The summed E-state index contributed by atoms with van der Waals surface area (Å²) in [5.41, 5.74) is 0.946. The van der Waals surface area contributed by atoms with E-state index in [1.165, 1.54) is 12.1 Å². The molecule has 2 fully saturated rings. The summed E-state index contributed by atoms with van der Waals surface area (Å²) >= 11 is 0. The molecule has 1 aliphatic carbocycles. The molecule has 198 valence electrons. The first kappa shape index (κ1) is 26.5. The van der Waals surface area contributed by atoms with E-state index in [2.05, 4.69) is 10.3 Å². The molecule has 4 rings (SSSR count). The van der Waals surface area contributed by atoms with Gasteiger partial charge >= 0.3 is 0 Å². The van der Waals surface area contributed by atoms with Gasteiger partial charge in [0.05, 0.1) is 18.3 Å². The average Bonchev–Trinajstić information content (AvgIpc) is 3.62. The van der Waals surface area contributed by atoms with E-state index in [9.17, 15) is 31.5 Å². The number of carbonyl (C=O) groups is 2. The Kier molecular flexibility index (Phi) is 7.71. The monoisotopic (exact) mass is 524 g/mol. The van der Waals surface area contributed by atoms with Crippen molar-refractivity contribution in [2.75, 3.05) is 13.1 Å². The van der Waals surface area contributed by atoms with Crippen LogP contribution in [0.15, 0.2) is 36.4 Å². The van der Waals surface area contributed by atoms with Crippen molar-refractivity contribution < 1.29 is 31.5 Å². The average molecular weight is 524 g/mol. The van der Waals surface area contributed by atoms with E-state index in [0.29, 0.717) is 11.1 Å². The first-order valence-corrected chi connectivity index (χ1v) is 11.6. The number of benzene rings is 1. The Labute approximate surface area is 209 Å². The molecular weight excluding hydrogens is 499 g/mol. The number of halogens is 5. The Morgan fingerprint density at radius 2 is 1.84 bits per heavy atom. The summed E-state index contributed by atoms with van der Waals surface area (Å²) in [7, 11) is 0. The fraction of sp³-hybridized carbons (Fsp3) is 0.417. The summed E-state index contributed by atoms with van der Waals surface area (Å²) < 4.78 is 68.0. The van der Waals surface area contributed by atoms with Gasteiger partial charge in [0.2, 0.25) is 17.8 Å². The number of likely N-dealkylation sites (tertiary alicyclic amines) is 1. The lowest BCUT2D eigenvalue weighted by atomic mass is 10.0. The predicted octanol–water partition coefficient (Wildman–Crippen LogP) is 2.80. The Hall–Kier alpha value is -3.61. The molecule has 13 heteroatoms. The number of rotatable bonds is 8. The highest BCUT2D eigenvalue weighted by Crippen LogP contribution is 2.41. The number of hydrogen-bond acceptors (Lipinski definition) is 5. The molecule has 0 radical (unpaired) electrons. The molecule has 8 nitrogen and oxygen atoms in total. The fourth-order valence-corrected chi connectivity index (χ4v) is 4.30. The summed E-state index contributed by atoms with van der Waals surface area (Å²) in [4.78, 5) is 30.8. The number of nitrogens with two attached hydrogens (primary N) is 1. The number of aromatic nitrogens is 1. The highest BCUT2D eigenvalue weighted by atomic mass is 19.3. The molecule has 2 aromatic rings. The van der Waals surface area contributed by atoms with E-state index in [1.54, 1.807) is 12.1 Å². The summed E-state index contributed by atoms with van der Waals surface area (Å²) in [5.74, 6) is 1.19. The van der Waals surface area contributed by atoms with Crippen LogP contribution in [0.3, 0.4) is 0 Å². The van der Waals surface area contributed by atoms with Crippen LogP contribution < -0.4 is 11.2 Å². The van der Waals surface area contributed by atoms with Gasteiger partial charge in [0.15, 0.2) is 5.84 Å². The van der Waals surface area contributed by atoms with Crippen molar-refractivity contribution in [3.63, 3.8) is 0 Å². The van der Waals surface area contributed by atoms with E-state index in [-0.39, 0.29) is 23.0 Å². The number of pyridine rings is 1. The zero-order valence-corrected chi connectivity index (χ0v) is 19.5. The molecule has 1 aliphatic heterocycles. The maximum absolute atomic E-state index is 14.7. The second-order valence-electron chi connectivity index (χ2n) is 9.09. The minimum atomic E-state index is -3.22. The van der Waals surface area contributed by atoms with Crippen LogP contribution in [0.25, 0.3) is 0 Å². The van der Waals surface area contributed by atoms with Gasteiger partial charge in [-0.3, -0.25) is 20.0 Å². The van der Waals surface area contributed by atoms with Crippen LogP contribution in [0, 0.1) is 17.2 Å². The Morgan fingerprint density at radius 1 is 1.16 bits per heavy atom. The van der Waals surface area contributed by atoms with Gasteiger partial charge in [-0.2, -0.15) is 4.39 Å². The molecule has 1 unspecified atom stereocenters. The molecule has 0 bridgehead atoms. The van der Waals surface area contributed by atoms with E-state index >= 15 is 0 Å². The van der Waals surface area contributed by atoms with E-state index in [4.69, 9.17) is 11.3 Å². The van der Waals surface area contributed by atoms with Gasteiger partial charge in [-0.15, -0.1) is 0 Å². The lowest BCUT2D eigenvalue weighted by Gasteiger charge is -2.28. The zero-order valence-electron chi connectivity index (χ0n) is 19.5. The van der Waals surface area contributed by atoms with Crippen molar-refractivity contribution in [2.45, 2.75) is 49.9 Å². The minimum Gasteiger partial charge on any atom is -0.342 e. The normalized spacial score (nSPS) is 20.1. The number of amides is 2. The molecule has 3 atom stereocenters. The number of alkyl halides is 3. The first-order chi connectivity index (χ1) is 17.5. The lowest BCUT2D eigenvalue weighted by molar-refractivity contribution is -0.139. The molecule has 0 spiro atoms. The van der Waals surface area contributed by atoms with Crippen LogP contribution >= 0.6 is 0 Å². The highest BCUT2D eigenvalue weighted by molar-refractivity contribution is 5.91.